The van der Waals surface area contributed by atoms with Crippen LogP contribution < -0.4 is 4.74 Å². The number of rotatable bonds is 2. The van der Waals surface area contributed by atoms with E-state index in [9.17, 15) is 0 Å². The van der Waals surface area contributed by atoms with Gasteiger partial charge in [-0.25, -0.2) is 9.97 Å². The summed E-state index contributed by atoms with van der Waals surface area (Å²) in [6.07, 6.45) is 6.10. The molecule has 0 aliphatic heterocycles. The van der Waals surface area contributed by atoms with Crippen LogP contribution in [0.4, 0.5) is 0 Å². The molecule has 2 aromatic rings. The van der Waals surface area contributed by atoms with Gasteiger partial charge in [0.1, 0.15) is 6.07 Å². The van der Waals surface area contributed by atoms with Crippen molar-refractivity contribution in [2.24, 2.45) is 0 Å². The van der Waals surface area contributed by atoms with Crippen LogP contribution in [0, 0.1) is 11.3 Å². The van der Waals surface area contributed by atoms with Crippen LogP contribution in [-0.4, -0.2) is 15.0 Å². The summed E-state index contributed by atoms with van der Waals surface area (Å²) < 4.78 is 5.28. The number of aromatic nitrogens is 3. The maximum atomic E-state index is 8.65. The van der Waals surface area contributed by atoms with Gasteiger partial charge >= 0.3 is 6.01 Å². The van der Waals surface area contributed by atoms with E-state index in [2.05, 4.69) is 15.0 Å². The lowest BCUT2D eigenvalue weighted by molar-refractivity contribution is 0.439. The topological polar surface area (TPSA) is 71.7 Å². The first-order valence-corrected chi connectivity index (χ1v) is 4.18. The smallest absolute Gasteiger partial charge is 0.321 e. The molecule has 0 unspecified atom stereocenters. The highest BCUT2D eigenvalue weighted by Gasteiger charge is 2.00. The van der Waals surface area contributed by atoms with E-state index >= 15 is 0 Å². The van der Waals surface area contributed by atoms with Crippen LogP contribution in [0.1, 0.15) is 5.56 Å². The van der Waals surface area contributed by atoms with Crippen molar-refractivity contribution in [1.29, 1.82) is 5.26 Å². The predicted molar refractivity (Wildman–Crippen MR) is 51.1 cm³/mol. The van der Waals surface area contributed by atoms with Gasteiger partial charge in [0.2, 0.25) is 0 Å². The molecule has 0 amide bonds. The summed E-state index contributed by atoms with van der Waals surface area (Å²) in [7, 11) is 0. The van der Waals surface area contributed by atoms with Crippen molar-refractivity contribution in [1.82, 2.24) is 15.0 Å². The summed E-state index contributed by atoms with van der Waals surface area (Å²) in [5, 5.41) is 8.65. The molecule has 0 atom stereocenters. The van der Waals surface area contributed by atoms with E-state index in [1.54, 1.807) is 24.5 Å². The molecule has 0 saturated carbocycles. The van der Waals surface area contributed by atoms with Crippen LogP contribution >= 0.6 is 0 Å². The van der Waals surface area contributed by atoms with Crippen LogP contribution in [0.5, 0.6) is 11.8 Å². The number of hydrogen-bond donors (Lipinski definition) is 0. The zero-order chi connectivity index (χ0) is 10.5. The van der Waals surface area contributed by atoms with Gasteiger partial charge in [-0.2, -0.15) is 5.26 Å². The van der Waals surface area contributed by atoms with Gasteiger partial charge in [-0.3, -0.25) is 4.98 Å². The molecule has 2 rings (SSSR count). The van der Waals surface area contributed by atoms with E-state index in [4.69, 9.17) is 10.00 Å². The quantitative estimate of drug-likeness (QED) is 0.731. The Labute approximate surface area is 86.0 Å². The Morgan fingerprint density at radius 2 is 2.00 bits per heavy atom. The Balaban J connectivity index is 2.22. The molecule has 0 radical (unpaired) electrons. The van der Waals surface area contributed by atoms with Crippen molar-refractivity contribution in [3.8, 4) is 17.8 Å². The third-order valence-electron chi connectivity index (χ3n) is 1.59. The maximum absolute atomic E-state index is 8.65. The molecule has 0 bridgehead atoms. The standard InChI is InChI=1S/C10H6N4O/c11-5-8-4-9(7-12-6-8)15-10-13-2-1-3-14-10/h1-4,6-7H. The zero-order valence-electron chi connectivity index (χ0n) is 7.66. The highest BCUT2D eigenvalue weighted by molar-refractivity contribution is 5.33. The summed E-state index contributed by atoms with van der Waals surface area (Å²) in [6, 6.07) is 5.46. The van der Waals surface area contributed by atoms with Gasteiger partial charge in [-0.1, -0.05) is 0 Å². The van der Waals surface area contributed by atoms with Gasteiger partial charge in [-0.15, -0.1) is 0 Å². The second kappa shape index (κ2) is 4.15. The van der Waals surface area contributed by atoms with Crippen LogP contribution in [0.25, 0.3) is 0 Å². The molecule has 0 spiro atoms. The predicted octanol–water partition coefficient (Wildman–Crippen LogP) is 1.54. The molecule has 0 aliphatic rings. The summed E-state index contributed by atoms with van der Waals surface area (Å²) in [5.74, 6) is 0.445. The van der Waals surface area contributed by atoms with E-state index in [1.807, 2.05) is 6.07 Å². The largest absolute Gasteiger partial charge is 0.423 e. The molecular weight excluding hydrogens is 192 g/mol. The maximum Gasteiger partial charge on any atom is 0.321 e. The molecule has 0 N–H and O–H groups in total. The molecule has 0 fully saturated rings. The fourth-order valence-electron chi connectivity index (χ4n) is 0.979. The summed E-state index contributed by atoms with van der Waals surface area (Å²) in [6.45, 7) is 0. The van der Waals surface area contributed by atoms with Gasteiger partial charge in [0.15, 0.2) is 5.75 Å². The fraction of sp³-hybridized carbons (Fsp3) is 0. The number of ether oxygens (including phenoxy) is 1. The van der Waals surface area contributed by atoms with Crippen LogP contribution in [0.15, 0.2) is 36.9 Å². The number of pyridine rings is 1. The molecule has 5 nitrogen and oxygen atoms in total. The van der Waals surface area contributed by atoms with Crippen molar-refractivity contribution in [3.05, 3.63) is 42.5 Å². The minimum Gasteiger partial charge on any atom is -0.423 e. The second-order valence-electron chi connectivity index (χ2n) is 2.65. The van der Waals surface area contributed by atoms with Crippen molar-refractivity contribution >= 4 is 0 Å². The highest BCUT2D eigenvalue weighted by Crippen LogP contribution is 2.16. The first kappa shape index (κ1) is 9.09. The first-order chi connectivity index (χ1) is 7.38. The Bertz CT molecular complexity index is 492. The van der Waals surface area contributed by atoms with Crippen molar-refractivity contribution in [2.45, 2.75) is 0 Å². The second-order valence-corrected chi connectivity index (χ2v) is 2.65. The van der Waals surface area contributed by atoms with Crippen molar-refractivity contribution in [3.63, 3.8) is 0 Å². The molecule has 2 heterocycles. The third-order valence-corrected chi connectivity index (χ3v) is 1.59. The Morgan fingerprint density at radius 3 is 2.73 bits per heavy atom. The van der Waals surface area contributed by atoms with Gasteiger partial charge in [0, 0.05) is 24.7 Å². The van der Waals surface area contributed by atoms with Gasteiger partial charge in [-0.05, 0) is 6.07 Å². The van der Waals surface area contributed by atoms with Crippen molar-refractivity contribution in [2.75, 3.05) is 0 Å². The molecule has 2 aromatic heterocycles. The monoisotopic (exact) mass is 198 g/mol. The Morgan fingerprint density at radius 1 is 1.20 bits per heavy atom. The Hall–Kier alpha value is -2.48. The highest BCUT2D eigenvalue weighted by atomic mass is 16.5. The molecule has 0 saturated heterocycles. The lowest BCUT2D eigenvalue weighted by Gasteiger charge is -2.01. The number of nitrogens with zero attached hydrogens (tertiary/aromatic N) is 4. The molecular formula is C10H6N4O. The summed E-state index contributed by atoms with van der Waals surface area (Å²) in [5.41, 5.74) is 0.434. The molecule has 0 aliphatic carbocycles. The van der Waals surface area contributed by atoms with Crippen LogP contribution in [0.2, 0.25) is 0 Å². The minimum absolute atomic E-state index is 0.231. The third kappa shape index (κ3) is 2.25. The van der Waals surface area contributed by atoms with Crippen LogP contribution in [0.3, 0.4) is 0 Å². The van der Waals surface area contributed by atoms with Gasteiger partial charge in [0.25, 0.3) is 0 Å². The lowest BCUT2D eigenvalue weighted by atomic mass is 10.3. The Kier molecular flexibility index (Phi) is 2.52. The first-order valence-electron chi connectivity index (χ1n) is 4.18. The van der Waals surface area contributed by atoms with Crippen molar-refractivity contribution < 1.29 is 4.74 Å². The van der Waals surface area contributed by atoms with E-state index in [0.29, 0.717) is 11.3 Å². The van der Waals surface area contributed by atoms with E-state index in [1.165, 1.54) is 12.4 Å². The SMILES string of the molecule is N#Cc1cncc(Oc2ncccn2)c1. The van der Waals surface area contributed by atoms with E-state index < -0.39 is 0 Å². The normalized spacial score (nSPS) is 9.27. The van der Waals surface area contributed by atoms with Gasteiger partial charge < -0.3 is 4.74 Å². The van der Waals surface area contributed by atoms with Gasteiger partial charge in [0.05, 0.1) is 11.8 Å². The summed E-state index contributed by atoms with van der Waals surface area (Å²) >= 11 is 0. The lowest BCUT2D eigenvalue weighted by Crippen LogP contribution is -1.91. The zero-order valence-corrected chi connectivity index (χ0v) is 7.66. The molecule has 15 heavy (non-hydrogen) atoms. The minimum atomic E-state index is 0.231. The average Bonchev–Trinajstić information content (AvgIpc) is 2.31. The fourth-order valence-corrected chi connectivity index (χ4v) is 0.979. The molecule has 72 valence electrons. The molecule has 0 aromatic carbocycles. The molecule has 5 heteroatoms. The van der Waals surface area contributed by atoms with E-state index in [0.717, 1.165) is 0 Å². The van der Waals surface area contributed by atoms with Crippen LogP contribution in [-0.2, 0) is 0 Å². The summed E-state index contributed by atoms with van der Waals surface area (Å²) in [4.78, 5) is 11.6. The average molecular weight is 198 g/mol. The van der Waals surface area contributed by atoms with E-state index in [-0.39, 0.29) is 6.01 Å². The number of hydrogen-bond acceptors (Lipinski definition) is 5. The number of nitriles is 1.